The van der Waals surface area contributed by atoms with Gasteiger partial charge in [0.2, 0.25) is 0 Å². The van der Waals surface area contributed by atoms with E-state index < -0.39 is 6.10 Å². The number of aliphatic hydroxyl groups excluding tert-OH is 1. The second-order valence-corrected chi connectivity index (χ2v) is 6.65. The molecular formula is C17H18Br2O2. The van der Waals surface area contributed by atoms with Crippen LogP contribution in [0.4, 0.5) is 0 Å². The maximum atomic E-state index is 10.4. The van der Waals surface area contributed by atoms with Crippen LogP contribution in [0.1, 0.15) is 30.6 Å². The number of rotatable bonds is 6. The fourth-order valence-corrected chi connectivity index (χ4v) is 2.79. The van der Waals surface area contributed by atoms with E-state index in [0.717, 1.165) is 32.2 Å². The number of halogens is 2. The van der Waals surface area contributed by atoms with Gasteiger partial charge in [0.15, 0.2) is 0 Å². The number of aliphatic hydroxyl groups is 1. The van der Waals surface area contributed by atoms with Crippen LogP contribution in [0.3, 0.4) is 0 Å². The maximum absolute atomic E-state index is 10.4. The first-order chi connectivity index (χ1) is 10.1. The molecule has 1 unspecified atom stereocenters. The molecule has 0 aromatic heterocycles. The predicted octanol–water partition coefficient (Wildman–Crippen LogP) is 5.28. The molecule has 0 bridgehead atoms. The van der Waals surface area contributed by atoms with Crippen molar-refractivity contribution in [3.63, 3.8) is 0 Å². The molecule has 0 amide bonds. The van der Waals surface area contributed by atoms with Gasteiger partial charge in [-0.1, -0.05) is 41.1 Å². The minimum atomic E-state index is -0.525. The summed E-state index contributed by atoms with van der Waals surface area (Å²) in [6, 6.07) is 13.7. The van der Waals surface area contributed by atoms with Crippen molar-refractivity contribution in [1.82, 2.24) is 0 Å². The van der Waals surface area contributed by atoms with E-state index in [4.69, 9.17) is 4.74 Å². The highest BCUT2D eigenvalue weighted by Crippen LogP contribution is 2.29. The molecule has 1 N–H and O–H groups in total. The van der Waals surface area contributed by atoms with Gasteiger partial charge in [-0.05, 0) is 57.7 Å². The van der Waals surface area contributed by atoms with Gasteiger partial charge < -0.3 is 9.84 Å². The molecule has 2 aromatic rings. The molecule has 0 aliphatic rings. The quantitative estimate of drug-likeness (QED) is 0.698. The third-order valence-electron chi connectivity index (χ3n) is 3.14. The monoisotopic (exact) mass is 412 g/mol. The minimum Gasteiger partial charge on any atom is -0.492 e. The van der Waals surface area contributed by atoms with Crippen molar-refractivity contribution in [3.8, 4) is 5.75 Å². The highest BCUT2D eigenvalue weighted by atomic mass is 79.9. The summed E-state index contributed by atoms with van der Waals surface area (Å²) in [5, 5.41) is 10.4. The lowest BCUT2D eigenvalue weighted by atomic mass is 10.0. The zero-order valence-corrected chi connectivity index (χ0v) is 15.0. The molecule has 2 rings (SSSR count). The number of benzene rings is 2. The molecule has 1 atom stereocenters. The second-order valence-electron chi connectivity index (χ2n) is 4.88. The predicted molar refractivity (Wildman–Crippen MR) is 92.7 cm³/mol. The second kappa shape index (κ2) is 7.97. The molecule has 0 aliphatic heterocycles. The highest BCUT2D eigenvalue weighted by molar-refractivity contribution is 9.10. The van der Waals surface area contributed by atoms with Crippen LogP contribution in [0, 0.1) is 0 Å². The Hall–Kier alpha value is -0.840. The smallest absolute Gasteiger partial charge is 0.133 e. The van der Waals surface area contributed by atoms with Crippen molar-refractivity contribution in [2.75, 3.05) is 6.61 Å². The van der Waals surface area contributed by atoms with Gasteiger partial charge in [-0.2, -0.15) is 0 Å². The van der Waals surface area contributed by atoms with E-state index in [2.05, 4.69) is 38.8 Å². The molecule has 0 spiro atoms. The van der Waals surface area contributed by atoms with Gasteiger partial charge in [0.25, 0.3) is 0 Å². The van der Waals surface area contributed by atoms with Crippen molar-refractivity contribution < 1.29 is 9.84 Å². The van der Waals surface area contributed by atoms with Crippen LogP contribution in [0.15, 0.2) is 51.4 Å². The van der Waals surface area contributed by atoms with Crippen LogP contribution < -0.4 is 4.74 Å². The average Bonchev–Trinajstić information content (AvgIpc) is 2.48. The van der Waals surface area contributed by atoms with E-state index in [1.807, 2.05) is 42.5 Å². The van der Waals surface area contributed by atoms with Gasteiger partial charge in [-0.3, -0.25) is 0 Å². The van der Waals surface area contributed by atoms with Gasteiger partial charge in [-0.25, -0.2) is 0 Å². The Labute approximate surface area is 142 Å². The summed E-state index contributed by atoms with van der Waals surface area (Å²) in [4.78, 5) is 0. The Bertz CT molecular complexity index is 582. The van der Waals surface area contributed by atoms with Crippen LogP contribution in [-0.4, -0.2) is 11.7 Å². The standard InChI is InChI=1S/C17H18Br2O2/c1-2-9-21-17-8-5-13(11-15(17)19)16(20)10-12-3-6-14(18)7-4-12/h3-8,11,16,20H,2,9-10H2,1H3. The minimum absolute atomic E-state index is 0.525. The van der Waals surface area contributed by atoms with Crippen molar-refractivity contribution in [3.05, 3.63) is 62.5 Å². The number of hydrogen-bond acceptors (Lipinski definition) is 2. The van der Waals surface area contributed by atoms with Crippen molar-refractivity contribution in [2.24, 2.45) is 0 Å². The molecule has 4 heteroatoms. The summed E-state index contributed by atoms with van der Waals surface area (Å²) < 4.78 is 7.54. The maximum Gasteiger partial charge on any atom is 0.133 e. The van der Waals surface area contributed by atoms with Crippen molar-refractivity contribution in [1.29, 1.82) is 0 Å². The third-order valence-corrected chi connectivity index (χ3v) is 4.29. The lowest BCUT2D eigenvalue weighted by Crippen LogP contribution is -2.03. The van der Waals surface area contributed by atoms with Gasteiger partial charge >= 0.3 is 0 Å². The fourth-order valence-electron chi connectivity index (χ4n) is 2.02. The first-order valence-electron chi connectivity index (χ1n) is 6.95. The van der Waals surface area contributed by atoms with E-state index >= 15 is 0 Å². The first kappa shape index (κ1) is 16.5. The Balaban J connectivity index is 2.06. The molecule has 2 aromatic carbocycles. The number of hydrogen-bond donors (Lipinski definition) is 1. The molecule has 112 valence electrons. The summed E-state index contributed by atoms with van der Waals surface area (Å²) in [5.74, 6) is 0.816. The van der Waals surface area contributed by atoms with Crippen LogP contribution in [0.5, 0.6) is 5.75 Å². The third kappa shape index (κ3) is 4.83. The van der Waals surface area contributed by atoms with E-state index in [1.165, 1.54) is 0 Å². The molecular weight excluding hydrogens is 396 g/mol. The summed E-state index contributed by atoms with van der Waals surface area (Å²) in [5.41, 5.74) is 1.99. The molecule has 2 nitrogen and oxygen atoms in total. The summed E-state index contributed by atoms with van der Waals surface area (Å²) in [6.07, 6.45) is 1.04. The van der Waals surface area contributed by atoms with Crippen LogP contribution in [0.2, 0.25) is 0 Å². The number of ether oxygens (including phenoxy) is 1. The van der Waals surface area contributed by atoms with E-state index in [-0.39, 0.29) is 0 Å². The van der Waals surface area contributed by atoms with Gasteiger partial charge in [-0.15, -0.1) is 0 Å². The van der Waals surface area contributed by atoms with Crippen LogP contribution in [0.25, 0.3) is 0 Å². The topological polar surface area (TPSA) is 29.5 Å². The van der Waals surface area contributed by atoms with Crippen molar-refractivity contribution >= 4 is 31.9 Å². The highest BCUT2D eigenvalue weighted by Gasteiger charge is 2.11. The molecule has 0 radical (unpaired) electrons. The zero-order valence-electron chi connectivity index (χ0n) is 11.9. The molecule has 0 aliphatic carbocycles. The largest absolute Gasteiger partial charge is 0.492 e. The summed E-state index contributed by atoms with van der Waals surface area (Å²) in [7, 11) is 0. The molecule has 0 saturated carbocycles. The first-order valence-corrected chi connectivity index (χ1v) is 8.53. The van der Waals surface area contributed by atoms with Gasteiger partial charge in [0.05, 0.1) is 17.2 Å². The van der Waals surface area contributed by atoms with Gasteiger partial charge in [0, 0.05) is 10.9 Å². The Kier molecular flexibility index (Phi) is 6.27. The van der Waals surface area contributed by atoms with Gasteiger partial charge in [0.1, 0.15) is 5.75 Å². The normalized spacial score (nSPS) is 12.2. The molecule has 21 heavy (non-hydrogen) atoms. The Morgan fingerprint density at radius 3 is 2.43 bits per heavy atom. The van der Waals surface area contributed by atoms with E-state index in [0.29, 0.717) is 13.0 Å². The Morgan fingerprint density at radius 2 is 1.81 bits per heavy atom. The molecule has 0 saturated heterocycles. The van der Waals surface area contributed by atoms with E-state index in [1.54, 1.807) is 0 Å². The van der Waals surface area contributed by atoms with Crippen LogP contribution >= 0.6 is 31.9 Å². The van der Waals surface area contributed by atoms with E-state index in [9.17, 15) is 5.11 Å². The fraction of sp³-hybridized carbons (Fsp3) is 0.294. The summed E-state index contributed by atoms with van der Waals surface area (Å²) >= 11 is 6.91. The SMILES string of the molecule is CCCOc1ccc(C(O)Cc2ccc(Br)cc2)cc1Br. The van der Waals surface area contributed by atoms with Crippen molar-refractivity contribution in [2.45, 2.75) is 25.9 Å². The lowest BCUT2D eigenvalue weighted by Gasteiger charge is -2.14. The molecule has 0 heterocycles. The zero-order chi connectivity index (χ0) is 15.2. The summed E-state index contributed by atoms with van der Waals surface area (Å²) in [6.45, 7) is 2.77. The molecule has 0 fully saturated rings. The lowest BCUT2D eigenvalue weighted by molar-refractivity contribution is 0.178. The average molecular weight is 414 g/mol. The Morgan fingerprint density at radius 1 is 1.10 bits per heavy atom. The van der Waals surface area contributed by atoms with Crippen LogP contribution in [-0.2, 0) is 6.42 Å².